The van der Waals surface area contributed by atoms with Crippen LogP contribution in [0.3, 0.4) is 0 Å². The van der Waals surface area contributed by atoms with E-state index in [1.54, 1.807) is 17.5 Å². The van der Waals surface area contributed by atoms with Crippen LogP contribution in [0.5, 0.6) is 0 Å². The van der Waals surface area contributed by atoms with Crippen molar-refractivity contribution in [2.45, 2.75) is 0 Å². The number of hydrogen-bond donors (Lipinski definition) is 1. The Morgan fingerprint density at radius 2 is 2.17 bits per heavy atom. The molecule has 0 aliphatic rings. The number of anilines is 2. The molecule has 0 bridgehead atoms. The molecule has 0 radical (unpaired) electrons. The third kappa shape index (κ3) is 2.34. The van der Waals surface area contributed by atoms with E-state index in [1.165, 1.54) is 0 Å². The van der Waals surface area contributed by atoms with Crippen LogP contribution in [0.1, 0.15) is 0 Å². The van der Waals surface area contributed by atoms with Gasteiger partial charge >= 0.3 is 0 Å². The smallest absolute Gasteiger partial charge is 0.189 e. The predicted octanol–water partition coefficient (Wildman–Crippen LogP) is 4.85. The first kappa shape index (κ1) is 11.9. The van der Waals surface area contributed by atoms with Crippen LogP contribution in [-0.4, -0.2) is 9.97 Å². The molecule has 6 heteroatoms. The summed E-state index contributed by atoms with van der Waals surface area (Å²) < 4.78 is 1.96. The third-order valence-corrected chi connectivity index (χ3v) is 4.14. The molecule has 3 aromatic rings. The number of rotatable bonds is 2. The second-order valence-corrected chi connectivity index (χ2v) is 5.91. The molecule has 0 saturated heterocycles. The highest BCUT2D eigenvalue weighted by Crippen LogP contribution is 2.31. The summed E-state index contributed by atoms with van der Waals surface area (Å²) >= 11 is 10.9. The molecule has 0 aliphatic carbocycles. The zero-order valence-electron chi connectivity index (χ0n) is 9.02. The first-order valence-corrected chi connectivity index (χ1v) is 7.15. The van der Waals surface area contributed by atoms with Crippen molar-refractivity contribution in [3.8, 4) is 0 Å². The number of halogens is 2. The number of fused-ring (bicyclic) bond motifs is 1. The van der Waals surface area contributed by atoms with Gasteiger partial charge in [-0.2, -0.15) is 0 Å². The lowest BCUT2D eigenvalue weighted by Crippen LogP contribution is -1.92. The summed E-state index contributed by atoms with van der Waals surface area (Å²) in [6.07, 6.45) is 1.73. The number of pyridine rings is 1. The molecular formula is C12H7BrClN3S. The average molecular weight is 341 g/mol. The molecule has 1 aromatic carbocycles. The monoisotopic (exact) mass is 339 g/mol. The Balaban J connectivity index is 1.98. The topological polar surface area (TPSA) is 37.8 Å². The molecule has 0 unspecified atom stereocenters. The molecule has 0 aliphatic heterocycles. The van der Waals surface area contributed by atoms with Gasteiger partial charge in [0, 0.05) is 11.2 Å². The van der Waals surface area contributed by atoms with Gasteiger partial charge in [-0.15, -0.1) is 0 Å². The van der Waals surface area contributed by atoms with Gasteiger partial charge in [0.15, 0.2) is 5.13 Å². The van der Waals surface area contributed by atoms with Crippen LogP contribution >= 0.6 is 38.9 Å². The van der Waals surface area contributed by atoms with E-state index in [0.717, 1.165) is 30.7 Å². The van der Waals surface area contributed by atoms with E-state index in [4.69, 9.17) is 11.6 Å². The Morgan fingerprint density at radius 1 is 1.28 bits per heavy atom. The van der Waals surface area contributed by atoms with E-state index >= 15 is 0 Å². The fraction of sp³-hybridized carbons (Fsp3) is 0. The van der Waals surface area contributed by atoms with E-state index in [-0.39, 0.29) is 0 Å². The highest BCUT2D eigenvalue weighted by Gasteiger charge is 2.06. The lowest BCUT2D eigenvalue weighted by molar-refractivity contribution is 1.28. The van der Waals surface area contributed by atoms with Crippen LogP contribution in [0, 0.1) is 0 Å². The molecule has 0 spiro atoms. The van der Waals surface area contributed by atoms with Gasteiger partial charge in [-0.05, 0) is 46.3 Å². The van der Waals surface area contributed by atoms with E-state index in [0.29, 0.717) is 0 Å². The van der Waals surface area contributed by atoms with E-state index in [2.05, 4.69) is 31.2 Å². The molecule has 3 nitrogen and oxygen atoms in total. The number of nitrogens with zero attached hydrogens (tertiary/aromatic N) is 2. The van der Waals surface area contributed by atoms with Gasteiger partial charge in [-0.25, -0.2) is 9.97 Å². The van der Waals surface area contributed by atoms with Crippen molar-refractivity contribution in [2.24, 2.45) is 0 Å². The third-order valence-electron chi connectivity index (χ3n) is 2.33. The molecule has 0 fully saturated rings. The second-order valence-electron chi connectivity index (χ2n) is 3.59. The maximum Gasteiger partial charge on any atom is 0.189 e. The van der Waals surface area contributed by atoms with E-state index in [9.17, 15) is 0 Å². The predicted molar refractivity (Wildman–Crippen MR) is 79.8 cm³/mol. The SMILES string of the molecule is Clc1ccc2nc(Nc3ncccc3Br)sc2c1. The van der Waals surface area contributed by atoms with E-state index < -0.39 is 0 Å². The van der Waals surface area contributed by atoms with Crippen molar-refractivity contribution in [2.75, 3.05) is 5.32 Å². The molecule has 0 saturated carbocycles. The summed E-state index contributed by atoms with van der Waals surface area (Å²) in [6, 6.07) is 9.46. The maximum absolute atomic E-state index is 5.95. The minimum absolute atomic E-state index is 0.719. The Kier molecular flexibility index (Phi) is 3.20. The molecule has 90 valence electrons. The van der Waals surface area contributed by atoms with Crippen molar-refractivity contribution in [3.05, 3.63) is 46.0 Å². The Bertz CT molecular complexity index is 713. The molecule has 3 rings (SSSR count). The number of nitrogens with one attached hydrogen (secondary N) is 1. The fourth-order valence-electron chi connectivity index (χ4n) is 1.53. The Hall–Kier alpha value is -1.17. The highest BCUT2D eigenvalue weighted by atomic mass is 79.9. The zero-order valence-corrected chi connectivity index (χ0v) is 12.2. The van der Waals surface area contributed by atoms with Crippen molar-refractivity contribution < 1.29 is 0 Å². The summed E-state index contributed by atoms with van der Waals surface area (Å²) in [6.45, 7) is 0. The highest BCUT2D eigenvalue weighted by molar-refractivity contribution is 9.10. The van der Waals surface area contributed by atoms with Gasteiger partial charge < -0.3 is 5.32 Å². The van der Waals surface area contributed by atoms with Gasteiger partial charge in [0.1, 0.15) is 5.82 Å². The number of aromatic nitrogens is 2. The Morgan fingerprint density at radius 3 is 3.00 bits per heavy atom. The largest absolute Gasteiger partial charge is 0.315 e. The van der Waals surface area contributed by atoms with Gasteiger partial charge in [0.05, 0.1) is 14.7 Å². The number of hydrogen-bond acceptors (Lipinski definition) is 4. The van der Waals surface area contributed by atoms with Crippen molar-refractivity contribution in [3.63, 3.8) is 0 Å². The van der Waals surface area contributed by atoms with Crippen LogP contribution in [0.25, 0.3) is 10.2 Å². The summed E-state index contributed by atoms with van der Waals surface area (Å²) in [5.41, 5.74) is 0.930. The van der Waals surface area contributed by atoms with Crippen molar-refractivity contribution in [1.29, 1.82) is 0 Å². The van der Waals surface area contributed by atoms with Crippen molar-refractivity contribution >= 4 is 60.0 Å². The normalized spacial score (nSPS) is 10.8. The molecule has 2 aromatic heterocycles. The lowest BCUT2D eigenvalue weighted by atomic mass is 10.3. The first-order valence-electron chi connectivity index (χ1n) is 5.16. The van der Waals surface area contributed by atoms with Gasteiger partial charge in [-0.1, -0.05) is 22.9 Å². The van der Waals surface area contributed by atoms with E-state index in [1.807, 2.05) is 30.3 Å². The molecule has 18 heavy (non-hydrogen) atoms. The van der Waals surface area contributed by atoms with Crippen LogP contribution in [0.15, 0.2) is 41.0 Å². The van der Waals surface area contributed by atoms with Crippen LogP contribution < -0.4 is 5.32 Å². The molecule has 2 heterocycles. The molecule has 0 atom stereocenters. The van der Waals surface area contributed by atoms with Crippen LogP contribution in [0.4, 0.5) is 10.9 Å². The first-order chi connectivity index (χ1) is 8.72. The number of thiazole rings is 1. The van der Waals surface area contributed by atoms with Gasteiger partial charge in [0.25, 0.3) is 0 Å². The summed E-state index contributed by atoms with van der Waals surface area (Å²) in [5, 5.41) is 4.70. The molecule has 1 N–H and O–H groups in total. The van der Waals surface area contributed by atoms with Crippen LogP contribution in [0.2, 0.25) is 5.02 Å². The minimum Gasteiger partial charge on any atom is -0.315 e. The molecular weight excluding hydrogens is 334 g/mol. The van der Waals surface area contributed by atoms with Crippen molar-refractivity contribution in [1.82, 2.24) is 9.97 Å². The summed E-state index contributed by atoms with van der Waals surface area (Å²) in [5.74, 6) is 0.752. The maximum atomic E-state index is 5.95. The average Bonchev–Trinajstić information content (AvgIpc) is 2.73. The van der Waals surface area contributed by atoms with Gasteiger partial charge in [-0.3, -0.25) is 0 Å². The van der Waals surface area contributed by atoms with Crippen LogP contribution in [-0.2, 0) is 0 Å². The second kappa shape index (κ2) is 4.84. The Labute approximate surface area is 121 Å². The summed E-state index contributed by atoms with van der Waals surface area (Å²) in [7, 11) is 0. The molecule has 0 amide bonds. The quantitative estimate of drug-likeness (QED) is 0.724. The standard InChI is InChI=1S/C12H7BrClN3S/c13-8-2-1-5-15-11(8)17-12-16-9-4-3-7(14)6-10(9)18-12/h1-6H,(H,15,16,17). The minimum atomic E-state index is 0.719. The number of benzene rings is 1. The van der Waals surface area contributed by atoms with Gasteiger partial charge in [0.2, 0.25) is 0 Å². The summed E-state index contributed by atoms with van der Waals surface area (Å²) in [4.78, 5) is 8.72. The fourth-order valence-corrected chi connectivity index (χ4v) is 3.03. The zero-order chi connectivity index (χ0) is 12.5. The lowest BCUT2D eigenvalue weighted by Gasteiger charge is -2.02.